The van der Waals surface area contributed by atoms with Crippen LogP contribution in [0, 0.1) is 5.92 Å². The van der Waals surface area contributed by atoms with Gasteiger partial charge < -0.3 is 26.0 Å². The molecule has 1 aliphatic rings. The molecule has 47 heavy (non-hydrogen) atoms. The molecule has 2 unspecified atom stereocenters. The van der Waals surface area contributed by atoms with Crippen molar-refractivity contribution in [1.82, 2.24) is 21.3 Å². The number of rotatable bonds is 14. The Hall–Kier alpha value is -4.27. The molecule has 0 saturated heterocycles. The monoisotopic (exact) mass is 688 g/mol. The summed E-state index contributed by atoms with van der Waals surface area (Å²) in [5.74, 6) is -12.7. The first kappa shape index (κ1) is 37.2. The van der Waals surface area contributed by atoms with E-state index in [1.165, 1.54) is 52.1 Å². The van der Waals surface area contributed by atoms with Crippen molar-refractivity contribution in [3.05, 3.63) is 64.7 Å². The largest absolute Gasteiger partial charge is 0.497 e. The molecule has 4 amide bonds. The van der Waals surface area contributed by atoms with E-state index >= 15 is 0 Å². The van der Waals surface area contributed by atoms with Gasteiger partial charge in [-0.2, -0.15) is 22.0 Å². The van der Waals surface area contributed by atoms with Gasteiger partial charge in [0.15, 0.2) is 0 Å². The van der Waals surface area contributed by atoms with Crippen LogP contribution >= 0.6 is 11.6 Å². The molecule has 2 aromatic carbocycles. The summed E-state index contributed by atoms with van der Waals surface area (Å²) in [5, 5.41) is 8.58. The first-order valence-electron chi connectivity index (χ1n) is 14.4. The minimum atomic E-state index is -5.02. The summed E-state index contributed by atoms with van der Waals surface area (Å²) in [6.07, 6.45) is -4.00. The highest BCUT2D eigenvalue weighted by molar-refractivity contribution is 6.30. The number of Topliss-reactive ketones (excluding diaryl/α,β-unsaturated/α-hetero) is 1. The highest BCUT2D eigenvalue weighted by atomic mass is 35.5. The molecule has 0 spiro atoms. The number of halogens is 6. The van der Waals surface area contributed by atoms with Crippen molar-refractivity contribution in [3.63, 3.8) is 0 Å². The molecule has 1 saturated carbocycles. The van der Waals surface area contributed by atoms with E-state index < -0.39 is 77.5 Å². The van der Waals surface area contributed by atoms with Gasteiger partial charge in [-0.25, -0.2) is 0 Å². The molecule has 1 aliphatic carbocycles. The minimum absolute atomic E-state index is 0.123. The molecule has 0 bridgehead atoms. The average molecular weight is 689 g/mol. The van der Waals surface area contributed by atoms with Crippen LogP contribution in [-0.4, -0.2) is 67.2 Å². The fourth-order valence-corrected chi connectivity index (χ4v) is 4.88. The quantitative estimate of drug-likeness (QED) is 0.176. The third-order valence-corrected chi connectivity index (χ3v) is 7.83. The van der Waals surface area contributed by atoms with E-state index in [1.54, 1.807) is 24.3 Å². The zero-order valence-corrected chi connectivity index (χ0v) is 26.5. The lowest BCUT2D eigenvalue weighted by molar-refractivity contribution is -0.165. The third kappa shape index (κ3) is 9.18. The number of carbonyl (C=O) groups excluding carboxylic acids is 5. The van der Waals surface area contributed by atoms with Gasteiger partial charge in [0.2, 0.25) is 23.5 Å². The van der Waals surface area contributed by atoms with Crippen LogP contribution in [-0.2, 0) is 29.4 Å². The van der Waals surface area contributed by atoms with Gasteiger partial charge in [0.25, 0.3) is 5.91 Å². The average Bonchev–Trinajstić information content (AvgIpc) is 3.82. The summed E-state index contributed by atoms with van der Waals surface area (Å²) in [5.41, 5.74) is -0.106. The van der Waals surface area contributed by atoms with Gasteiger partial charge >= 0.3 is 12.1 Å². The number of benzene rings is 2. The first-order valence-corrected chi connectivity index (χ1v) is 14.8. The highest BCUT2D eigenvalue weighted by Crippen LogP contribution is 2.49. The van der Waals surface area contributed by atoms with Crippen LogP contribution in [0.2, 0.25) is 5.02 Å². The summed E-state index contributed by atoms with van der Waals surface area (Å²) in [7, 11) is 1.38. The van der Waals surface area contributed by atoms with Crippen LogP contribution in [0.25, 0.3) is 0 Å². The van der Waals surface area contributed by atoms with Crippen molar-refractivity contribution in [3.8, 4) is 5.75 Å². The number of carbonyl (C=O) groups is 5. The molecule has 0 heterocycles. The highest BCUT2D eigenvalue weighted by Gasteiger charge is 2.53. The number of hydrogen-bond donors (Lipinski definition) is 4. The summed E-state index contributed by atoms with van der Waals surface area (Å²) in [4.78, 5) is 64.7. The van der Waals surface area contributed by atoms with E-state index in [0.29, 0.717) is 29.2 Å². The maximum absolute atomic E-state index is 14.7. The van der Waals surface area contributed by atoms with Crippen LogP contribution in [0.15, 0.2) is 48.5 Å². The smallest absolute Gasteiger partial charge is 0.405 e. The molecular weight excluding hydrogens is 655 g/mol. The number of ketones is 1. The van der Waals surface area contributed by atoms with Crippen molar-refractivity contribution in [1.29, 1.82) is 0 Å². The van der Waals surface area contributed by atoms with Crippen molar-refractivity contribution >= 4 is 41.0 Å². The molecule has 0 aliphatic heterocycles. The molecule has 1 fully saturated rings. The second-order valence-electron chi connectivity index (χ2n) is 11.5. The fourth-order valence-electron chi connectivity index (χ4n) is 4.69. The third-order valence-electron chi connectivity index (χ3n) is 7.59. The standard InChI is InChI=1S/C31H34ClF5N4O6/c1-16(2)22(24(42)31(36,37)28(46)38-15-30(33,34)35)40-26(44)23(18-8-10-21(47-4)11-9-18)41-25(43)17(3)39-27(45)29(12-13-29)19-6-5-7-20(32)14-19/h5-11,14,16-17,22-23H,12-13,15H2,1-4H3,(H,38,46)(H,39,45)(H,40,44)(H,41,43)/t17?,22-,23?/m0/s1. The minimum Gasteiger partial charge on any atom is -0.497 e. The Kier molecular flexibility index (Phi) is 11.6. The molecule has 3 rings (SSSR count). The molecule has 10 nitrogen and oxygen atoms in total. The van der Waals surface area contributed by atoms with Crippen molar-refractivity contribution in [2.24, 2.45) is 5.92 Å². The summed E-state index contributed by atoms with van der Waals surface area (Å²) >= 11 is 6.08. The Bertz CT molecular complexity index is 1500. The Balaban J connectivity index is 1.81. The van der Waals surface area contributed by atoms with Gasteiger partial charge in [0, 0.05) is 5.02 Å². The Labute approximate surface area is 272 Å². The van der Waals surface area contributed by atoms with Crippen LogP contribution in [0.1, 0.15) is 50.8 Å². The van der Waals surface area contributed by atoms with Crippen LogP contribution < -0.4 is 26.0 Å². The van der Waals surface area contributed by atoms with Gasteiger partial charge in [-0.3, -0.25) is 24.0 Å². The van der Waals surface area contributed by atoms with Crippen molar-refractivity contribution in [2.75, 3.05) is 13.7 Å². The second-order valence-corrected chi connectivity index (χ2v) is 11.9. The molecule has 2 aromatic rings. The zero-order valence-electron chi connectivity index (χ0n) is 25.8. The molecule has 16 heteroatoms. The van der Waals surface area contributed by atoms with E-state index in [0.717, 1.165) is 5.32 Å². The predicted octanol–water partition coefficient (Wildman–Crippen LogP) is 3.77. The predicted molar refractivity (Wildman–Crippen MR) is 160 cm³/mol. The maximum Gasteiger partial charge on any atom is 0.405 e. The first-order chi connectivity index (χ1) is 21.8. The van der Waals surface area contributed by atoms with Gasteiger partial charge in [0.05, 0.1) is 18.6 Å². The summed E-state index contributed by atoms with van der Waals surface area (Å²) in [6.45, 7) is 1.79. The van der Waals surface area contributed by atoms with Crippen molar-refractivity contribution in [2.45, 2.75) is 69.3 Å². The fraction of sp³-hybridized carbons (Fsp3) is 0.452. The van der Waals surface area contributed by atoms with Gasteiger partial charge in [-0.15, -0.1) is 0 Å². The molecule has 0 aromatic heterocycles. The summed E-state index contributed by atoms with van der Waals surface area (Å²) < 4.78 is 72.0. The van der Waals surface area contributed by atoms with Gasteiger partial charge in [0.1, 0.15) is 24.4 Å². The normalized spacial score (nSPS) is 15.9. The lowest BCUT2D eigenvalue weighted by atomic mass is 9.94. The van der Waals surface area contributed by atoms with Gasteiger partial charge in [-0.05, 0) is 61.1 Å². The Morgan fingerprint density at radius 1 is 0.894 bits per heavy atom. The number of methoxy groups -OCH3 is 1. The number of alkyl halides is 5. The maximum atomic E-state index is 14.7. The lowest BCUT2D eigenvalue weighted by Crippen LogP contribution is -2.58. The Morgan fingerprint density at radius 3 is 2.02 bits per heavy atom. The lowest BCUT2D eigenvalue weighted by Gasteiger charge is -2.28. The van der Waals surface area contributed by atoms with E-state index in [4.69, 9.17) is 16.3 Å². The van der Waals surface area contributed by atoms with Crippen LogP contribution in [0.5, 0.6) is 5.75 Å². The Morgan fingerprint density at radius 2 is 1.51 bits per heavy atom. The number of hydrogen-bond acceptors (Lipinski definition) is 6. The molecule has 4 N–H and O–H groups in total. The van der Waals surface area contributed by atoms with E-state index in [1.807, 2.05) is 0 Å². The SMILES string of the molecule is COc1ccc(C(NC(=O)C(C)NC(=O)C2(c3cccc(Cl)c3)CC2)C(=O)N[C@H](C(=O)C(F)(F)C(=O)NCC(F)(F)F)C(C)C)cc1. The number of ether oxygens (including phenoxy) is 1. The van der Waals surface area contributed by atoms with E-state index in [2.05, 4.69) is 16.0 Å². The van der Waals surface area contributed by atoms with Crippen molar-refractivity contribution < 1.29 is 50.7 Å². The molecule has 3 atom stereocenters. The molecular formula is C31H34ClF5N4O6. The van der Waals surface area contributed by atoms with E-state index in [-0.39, 0.29) is 5.56 Å². The number of nitrogens with one attached hydrogen (secondary N) is 4. The van der Waals surface area contributed by atoms with Crippen LogP contribution in [0.4, 0.5) is 22.0 Å². The molecule has 0 radical (unpaired) electrons. The van der Waals surface area contributed by atoms with Gasteiger partial charge in [-0.1, -0.05) is 49.7 Å². The number of amides is 4. The topological polar surface area (TPSA) is 143 Å². The second kappa shape index (κ2) is 14.7. The van der Waals surface area contributed by atoms with E-state index in [9.17, 15) is 45.9 Å². The summed E-state index contributed by atoms with van der Waals surface area (Å²) in [6, 6.07) is 7.53. The van der Waals surface area contributed by atoms with Crippen LogP contribution in [0.3, 0.4) is 0 Å². The zero-order chi connectivity index (χ0) is 35.3. The molecule has 256 valence electrons.